The molecule has 0 aliphatic heterocycles. The summed E-state index contributed by atoms with van der Waals surface area (Å²) in [6.45, 7) is 2.02. The van der Waals surface area contributed by atoms with Gasteiger partial charge in [0.1, 0.15) is 0 Å². The SMILES string of the molecule is Cc1sc(C(=O)c2ccc3c(c2)CCC3)cc1Br. The van der Waals surface area contributed by atoms with Gasteiger partial charge >= 0.3 is 0 Å². The third-order valence-electron chi connectivity index (χ3n) is 3.44. The van der Waals surface area contributed by atoms with Crippen molar-refractivity contribution < 1.29 is 4.79 Å². The molecule has 3 heteroatoms. The van der Waals surface area contributed by atoms with Crippen molar-refractivity contribution in [2.24, 2.45) is 0 Å². The Hall–Kier alpha value is -0.930. The second kappa shape index (κ2) is 4.63. The van der Waals surface area contributed by atoms with E-state index in [4.69, 9.17) is 0 Å². The number of fused-ring (bicyclic) bond motifs is 1. The van der Waals surface area contributed by atoms with Gasteiger partial charge in [0.2, 0.25) is 5.78 Å². The highest BCUT2D eigenvalue weighted by Gasteiger charge is 2.17. The molecule has 0 saturated heterocycles. The van der Waals surface area contributed by atoms with Crippen LogP contribution in [-0.4, -0.2) is 5.78 Å². The molecule has 0 N–H and O–H groups in total. The van der Waals surface area contributed by atoms with Crippen molar-refractivity contribution in [3.8, 4) is 0 Å². The molecule has 0 bridgehead atoms. The van der Waals surface area contributed by atoms with Crippen molar-refractivity contribution in [2.45, 2.75) is 26.2 Å². The zero-order valence-corrected chi connectivity index (χ0v) is 12.5. The normalized spacial score (nSPS) is 13.7. The van der Waals surface area contributed by atoms with E-state index >= 15 is 0 Å². The molecule has 3 rings (SSSR count). The van der Waals surface area contributed by atoms with Crippen LogP contribution in [0.3, 0.4) is 0 Å². The molecule has 1 aliphatic carbocycles. The molecule has 0 atom stereocenters. The molecule has 92 valence electrons. The summed E-state index contributed by atoms with van der Waals surface area (Å²) in [6, 6.07) is 8.09. The molecule has 1 aromatic heterocycles. The van der Waals surface area contributed by atoms with Crippen LogP contribution in [0.5, 0.6) is 0 Å². The fourth-order valence-corrected chi connectivity index (χ4v) is 3.92. The quantitative estimate of drug-likeness (QED) is 0.742. The minimum atomic E-state index is 0.142. The van der Waals surface area contributed by atoms with Gasteiger partial charge in [0, 0.05) is 14.9 Å². The van der Waals surface area contributed by atoms with Gasteiger partial charge in [0.05, 0.1) is 4.88 Å². The van der Waals surface area contributed by atoms with Crippen molar-refractivity contribution in [2.75, 3.05) is 0 Å². The molecule has 0 unspecified atom stereocenters. The van der Waals surface area contributed by atoms with Crippen LogP contribution in [0.1, 0.15) is 37.7 Å². The van der Waals surface area contributed by atoms with E-state index in [0.717, 1.165) is 32.6 Å². The predicted octanol–water partition coefficient (Wildman–Crippen LogP) is 4.54. The molecule has 2 aromatic rings. The summed E-state index contributed by atoms with van der Waals surface area (Å²) in [5.74, 6) is 0.142. The minimum absolute atomic E-state index is 0.142. The van der Waals surface area contributed by atoms with E-state index in [1.807, 2.05) is 19.1 Å². The molecular formula is C15H13BrOS. The van der Waals surface area contributed by atoms with Crippen LogP contribution >= 0.6 is 27.3 Å². The van der Waals surface area contributed by atoms with Crippen LogP contribution in [0.4, 0.5) is 0 Å². The maximum atomic E-state index is 12.4. The maximum Gasteiger partial charge on any atom is 0.202 e. The number of carbonyl (C=O) groups is 1. The molecular weight excluding hydrogens is 308 g/mol. The van der Waals surface area contributed by atoms with Crippen LogP contribution < -0.4 is 0 Å². The highest BCUT2D eigenvalue weighted by atomic mass is 79.9. The van der Waals surface area contributed by atoms with Gasteiger partial charge in [-0.25, -0.2) is 0 Å². The Labute approximate surface area is 119 Å². The highest BCUT2D eigenvalue weighted by molar-refractivity contribution is 9.10. The molecule has 1 aromatic carbocycles. The molecule has 0 saturated carbocycles. The summed E-state index contributed by atoms with van der Waals surface area (Å²) in [6.07, 6.45) is 3.49. The van der Waals surface area contributed by atoms with E-state index in [1.165, 1.54) is 17.5 Å². The number of aryl methyl sites for hydroxylation is 3. The monoisotopic (exact) mass is 320 g/mol. The first kappa shape index (κ1) is 12.1. The molecule has 1 heterocycles. The number of hydrogen-bond acceptors (Lipinski definition) is 2. The lowest BCUT2D eigenvalue weighted by Crippen LogP contribution is -1.99. The Bertz CT molecular complexity index is 608. The molecule has 0 spiro atoms. The molecule has 0 amide bonds. The number of carbonyl (C=O) groups excluding carboxylic acids is 1. The second-order valence-corrected chi connectivity index (χ2v) is 6.79. The Morgan fingerprint density at radius 2 is 2.00 bits per heavy atom. The first-order chi connectivity index (χ1) is 8.65. The predicted molar refractivity (Wildman–Crippen MR) is 78.7 cm³/mol. The van der Waals surface area contributed by atoms with Gasteiger partial charge in [-0.05, 0) is 65.4 Å². The van der Waals surface area contributed by atoms with E-state index in [1.54, 1.807) is 11.3 Å². The van der Waals surface area contributed by atoms with Crippen molar-refractivity contribution in [3.05, 3.63) is 55.2 Å². The lowest BCUT2D eigenvalue weighted by Gasteiger charge is -2.02. The maximum absolute atomic E-state index is 12.4. The second-order valence-electron chi connectivity index (χ2n) is 4.68. The minimum Gasteiger partial charge on any atom is -0.288 e. The standard InChI is InChI=1S/C15H13BrOS/c1-9-13(16)8-14(18-9)15(17)12-6-5-10-3-2-4-11(10)7-12/h5-8H,2-4H2,1H3. The highest BCUT2D eigenvalue weighted by Crippen LogP contribution is 2.29. The lowest BCUT2D eigenvalue weighted by atomic mass is 10.0. The van der Waals surface area contributed by atoms with Gasteiger partial charge in [0.25, 0.3) is 0 Å². The number of thiophene rings is 1. The summed E-state index contributed by atoms with van der Waals surface area (Å²) < 4.78 is 1.03. The van der Waals surface area contributed by atoms with Crippen LogP contribution in [0.25, 0.3) is 0 Å². The first-order valence-corrected chi connectivity index (χ1v) is 7.68. The molecule has 1 nitrogen and oxygen atoms in total. The number of benzene rings is 1. The molecule has 0 fully saturated rings. The number of rotatable bonds is 2. The van der Waals surface area contributed by atoms with Crippen molar-refractivity contribution in [1.82, 2.24) is 0 Å². The van der Waals surface area contributed by atoms with E-state index in [9.17, 15) is 4.79 Å². The topological polar surface area (TPSA) is 17.1 Å². The fraction of sp³-hybridized carbons (Fsp3) is 0.267. The third kappa shape index (κ3) is 2.06. The summed E-state index contributed by atoms with van der Waals surface area (Å²) in [7, 11) is 0. The van der Waals surface area contributed by atoms with Crippen molar-refractivity contribution in [1.29, 1.82) is 0 Å². The Morgan fingerprint density at radius 3 is 2.72 bits per heavy atom. The average Bonchev–Trinajstić information content (AvgIpc) is 2.95. The van der Waals surface area contributed by atoms with E-state index in [-0.39, 0.29) is 5.78 Å². The van der Waals surface area contributed by atoms with E-state index in [0.29, 0.717) is 0 Å². The van der Waals surface area contributed by atoms with Crippen molar-refractivity contribution >= 4 is 33.0 Å². The van der Waals surface area contributed by atoms with Gasteiger partial charge < -0.3 is 0 Å². The molecule has 18 heavy (non-hydrogen) atoms. The van der Waals surface area contributed by atoms with Gasteiger partial charge in [0.15, 0.2) is 0 Å². The smallest absolute Gasteiger partial charge is 0.202 e. The van der Waals surface area contributed by atoms with Crippen LogP contribution in [0.2, 0.25) is 0 Å². The molecule has 0 radical (unpaired) electrons. The number of halogens is 1. The van der Waals surface area contributed by atoms with Crippen LogP contribution in [0, 0.1) is 6.92 Å². The third-order valence-corrected chi connectivity index (χ3v) is 5.58. The lowest BCUT2D eigenvalue weighted by molar-refractivity contribution is 0.104. The van der Waals surface area contributed by atoms with E-state index < -0.39 is 0 Å². The van der Waals surface area contributed by atoms with Gasteiger partial charge in [-0.2, -0.15) is 0 Å². The first-order valence-electron chi connectivity index (χ1n) is 6.07. The fourth-order valence-electron chi connectivity index (χ4n) is 2.43. The Balaban J connectivity index is 1.97. The van der Waals surface area contributed by atoms with Gasteiger partial charge in [-0.3, -0.25) is 4.79 Å². The summed E-state index contributed by atoms with van der Waals surface area (Å²) in [5, 5.41) is 0. The summed E-state index contributed by atoms with van der Waals surface area (Å²) in [5.41, 5.74) is 3.59. The van der Waals surface area contributed by atoms with Gasteiger partial charge in [-0.15, -0.1) is 11.3 Å². The van der Waals surface area contributed by atoms with Crippen LogP contribution in [0.15, 0.2) is 28.7 Å². The zero-order chi connectivity index (χ0) is 12.7. The largest absolute Gasteiger partial charge is 0.288 e. The zero-order valence-electron chi connectivity index (χ0n) is 10.1. The van der Waals surface area contributed by atoms with E-state index in [2.05, 4.69) is 28.1 Å². The van der Waals surface area contributed by atoms with Crippen molar-refractivity contribution in [3.63, 3.8) is 0 Å². The van der Waals surface area contributed by atoms with Gasteiger partial charge in [-0.1, -0.05) is 12.1 Å². The number of hydrogen-bond donors (Lipinski definition) is 0. The Morgan fingerprint density at radius 1 is 1.22 bits per heavy atom. The Kier molecular flexibility index (Phi) is 3.12. The molecule has 1 aliphatic rings. The summed E-state index contributed by atoms with van der Waals surface area (Å²) >= 11 is 5.02. The van der Waals surface area contributed by atoms with Crippen LogP contribution in [-0.2, 0) is 12.8 Å². The average molecular weight is 321 g/mol. The summed E-state index contributed by atoms with van der Waals surface area (Å²) in [4.78, 5) is 14.4. The number of ketones is 1.